The molecular weight excluding hydrogens is 400 g/mol. The highest BCUT2D eigenvalue weighted by Gasteiger charge is 2.44. The molecule has 0 radical (unpaired) electrons. The van der Waals surface area contributed by atoms with Gasteiger partial charge in [-0.25, -0.2) is 4.79 Å². The van der Waals surface area contributed by atoms with Crippen molar-refractivity contribution >= 4 is 29.6 Å². The van der Waals surface area contributed by atoms with Gasteiger partial charge in [-0.05, 0) is 24.6 Å². The van der Waals surface area contributed by atoms with Crippen LogP contribution in [-0.2, 0) is 23.9 Å². The topological polar surface area (TPSA) is 149 Å². The molecule has 30 heavy (non-hydrogen) atoms. The molecule has 1 unspecified atom stereocenters. The van der Waals surface area contributed by atoms with Gasteiger partial charge in [0, 0.05) is 6.42 Å². The molecule has 1 fully saturated rings. The SMILES string of the molecule is O=C(O)COCCOCCOc1ccc2c(c1)C(=O)N(C1CCC(=O)NC1=O)C2=O. The number of carbonyl (C=O) groups is 5. The highest BCUT2D eigenvalue weighted by molar-refractivity contribution is 6.23. The van der Waals surface area contributed by atoms with E-state index in [4.69, 9.17) is 19.3 Å². The molecule has 0 spiro atoms. The molecule has 1 atom stereocenters. The number of carbonyl (C=O) groups excluding carboxylic acids is 4. The van der Waals surface area contributed by atoms with Crippen LogP contribution in [0, 0.1) is 0 Å². The van der Waals surface area contributed by atoms with Crippen molar-refractivity contribution in [2.75, 3.05) is 33.0 Å². The van der Waals surface area contributed by atoms with Crippen molar-refractivity contribution in [3.8, 4) is 5.75 Å². The lowest BCUT2D eigenvalue weighted by molar-refractivity contribution is -0.142. The molecule has 11 nitrogen and oxygen atoms in total. The number of hydrogen-bond donors (Lipinski definition) is 2. The average Bonchev–Trinajstić information content (AvgIpc) is 2.94. The normalized spacial score (nSPS) is 18.4. The maximum absolute atomic E-state index is 12.7. The Kier molecular flexibility index (Phi) is 6.75. The third-order valence-electron chi connectivity index (χ3n) is 4.51. The Bertz CT molecular complexity index is 883. The third kappa shape index (κ3) is 4.81. The summed E-state index contributed by atoms with van der Waals surface area (Å²) >= 11 is 0. The van der Waals surface area contributed by atoms with Gasteiger partial charge in [-0.1, -0.05) is 0 Å². The van der Waals surface area contributed by atoms with Gasteiger partial charge >= 0.3 is 5.97 Å². The number of rotatable bonds is 10. The van der Waals surface area contributed by atoms with Crippen LogP contribution in [0.2, 0.25) is 0 Å². The van der Waals surface area contributed by atoms with Gasteiger partial charge in [-0.15, -0.1) is 0 Å². The zero-order valence-electron chi connectivity index (χ0n) is 15.9. The minimum absolute atomic E-state index is 0.0551. The van der Waals surface area contributed by atoms with Gasteiger partial charge in [0.05, 0.1) is 30.9 Å². The number of nitrogens with zero attached hydrogens (tertiary/aromatic N) is 1. The van der Waals surface area contributed by atoms with Gasteiger partial charge in [-0.3, -0.25) is 29.4 Å². The van der Waals surface area contributed by atoms with Crippen LogP contribution >= 0.6 is 0 Å². The minimum Gasteiger partial charge on any atom is -0.491 e. The van der Waals surface area contributed by atoms with Crippen LogP contribution < -0.4 is 10.1 Å². The first-order valence-corrected chi connectivity index (χ1v) is 9.24. The van der Waals surface area contributed by atoms with E-state index in [0.717, 1.165) is 4.90 Å². The van der Waals surface area contributed by atoms with Crippen LogP contribution in [0.4, 0.5) is 0 Å². The summed E-state index contributed by atoms with van der Waals surface area (Å²) in [6.45, 7) is 0.323. The molecule has 160 valence electrons. The molecule has 0 bridgehead atoms. The number of hydrogen-bond acceptors (Lipinski definition) is 8. The number of carboxylic acids is 1. The lowest BCUT2D eigenvalue weighted by atomic mass is 10.0. The van der Waals surface area contributed by atoms with Crippen LogP contribution in [0.25, 0.3) is 0 Å². The number of aliphatic carboxylic acids is 1. The van der Waals surface area contributed by atoms with Crippen LogP contribution in [0.5, 0.6) is 5.75 Å². The number of ether oxygens (including phenoxy) is 3. The Labute approximate surface area is 170 Å². The Morgan fingerprint density at radius 3 is 2.47 bits per heavy atom. The van der Waals surface area contributed by atoms with Crippen LogP contribution in [0.1, 0.15) is 33.6 Å². The standard InChI is InChI=1S/C19H20N2O9/c22-15-4-3-14(17(25)20-15)21-18(26)12-2-1-11(9-13(12)19(21)27)30-8-7-28-5-6-29-10-16(23)24/h1-2,9,14H,3-8,10H2,(H,23,24)(H,20,22,25). The molecule has 2 heterocycles. The van der Waals surface area contributed by atoms with Crippen molar-refractivity contribution in [1.29, 1.82) is 0 Å². The molecule has 1 aromatic rings. The van der Waals surface area contributed by atoms with Gasteiger partial charge in [0.2, 0.25) is 11.8 Å². The van der Waals surface area contributed by atoms with E-state index in [-0.39, 0.29) is 50.4 Å². The number of amides is 4. The highest BCUT2D eigenvalue weighted by Crippen LogP contribution is 2.30. The summed E-state index contributed by atoms with van der Waals surface area (Å²) in [5, 5.41) is 10.6. The molecule has 4 amide bonds. The molecule has 1 saturated heterocycles. The highest BCUT2D eigenvalue weighted by atomic mass is 16.5. The Hall–Kier alpha value is -3.31. The maximum atomic E-state index is 12.7. The van der Waals surface area contributed by atoms with Gasteiger partial charge in [0.1, 0.15) is 25.0 Å². The van der Waals surface area contributed by atoms with Crippen LogP contribution in [0.3, 0.4) is 0 Å². The van der Waals surface area contributed by atoms with Crippen LogP contribution in [-0.4, -0.2) is 78.7 Å². The Balaban J connectivity index is 1.52. The molecule has 2 aliphatic heterocycles. The van der Waals surface area contributed by atoms with Gasteiger partial charge in [-0.2, -0.15) is 0 Å². The number of piperidine rings is 1. The fraction of sp³-hybridized carbons (Fsp3) is 0.421. The third-order valence-corrected chi connectivity index (χ3v) is 4.51. The van der Waals surface area contributed by atoms with Gasteiger partial charge in [0.15, 0.2) is 0 Å². The second kappa shape index (κ2) is 9.46. The zero-order chi connectivity index (χ0) is 21.7. The maximum Gasteiger partial charge on any atom is 0.329 e. The average molecular weight is 420 g/mol. The summed E-state index contributed by atoms with van der Waals surface area (Å²) in [5.41, 5.74) is 0.300. The quantitative estimate of drug-likeness (QED) is 0.380. The number of benzene rings is 1. The van der Waals surface area contributed by atoms with Crippen LogP contribution in [0.15, 0.2) is 18.2 Å². The number of nitrogens with one attached hydrogen (secondary N) is 1. The molecule has 1 aromatic carbocycles. The summed E-state index contributed by atoms with van der Waals surface area (Å²) in [6.07, 6.45) is 0.145. The second-order valence-corrected chi connectivity index (χ2v) is 6.56. The van der Waals surface area contributed by atoms with Crippen molar-refractivity contribution in [2.24, 2.45) is 0 Å². The van der Waals surface area contributed by atoms with Gasteiger partial charge < -0.3 is 19.3 Å². The summed E-state index contributed by atoms with van der Waals surface area (Å²) in [7, 11) is 0. The zero-order valence-corrected chi connectivity index (χ0v) is 15.9. The molecule has 0 saturated carbocycles. The molecule has 11 heteroatoms. The minimum atomic E-state index is -1.06. The predicted octanol–water partition coefficient (Wildman–Crippen LogP) is -0.416. The predicted molar refractivity (Wildman–Crippen MR) is 97.9 cm³/mol. The van der Waals surface area contributed by atoms with E-state index in [1.807, 2.05) is 0 Å². The van der Waals surface area contributed by atoms with E-state index in [1.54, 1.807) is 0 Å². The van der Waals surface area contributed by atoms with Crippen molar-refractivity contribution in [2.45, 2.75) is 18.9 Å². The molecule has 2 aliphatic rings. The number of imide groups is 2. The summed E-state index contributed by atoms with van der Waals surface area (Å²) in [4.78, 5) is 59.8. The van der Waals surface area contributed by atoms with E-state index in [1.165, 1.54) is 18.2 Å². The second-order valence-electron chi connectivity index (χ2n) is 6.56. The lowest BCUT2D eigenvalue weighted by Crippen LogP contribution is -2.54. The fourth-order valence-electron chi connectivity index (χ4n) is 3.14. The van der Waals surface area contributed by atoms with E-state index in [9.17, 15) is 24.0 Å². The van der Waals surface area contributed by atoms with Crippen molar-refractivity contribution in [1.82, 2.24) is 10.2 Å². The van der Waals surface area contributed by atoms with E-state index >= 15 is 0 Å². The largest absolute Gasteiger partial charge is 0.491 e. The first-order valence-electron chi connectivity index (χ1n) is 9.24. The Morgan fingerprint density at radius 2 is 1.73 bits per heavy atom. The van der Waals surface area contributed by atoms with Crippen molar-refractivity contribution in [3.63, 3.8) is 0 Å². The monoisotopic (exact) mass is 420 g/mol. The fourth-order valence-corrected chi connectivity index (χ4v) is 3.14. The number of carboxylic acid groups (broad SMARTS) is 1. The number of fused-ring (bicyclic) bond motifs is 1. The summed E-state index contributed by atoms with van der Waals surface area (Å²) in [5.74, 6) is -2.99. The van der Waals surface area contributed by atoms with Gasteiger partial charge in [0.25, 0.3) is 11.8 Å². The van der Waals surface area contributed by atoms with Crippen molar-refractivity contribution in [3.05, 3.63) is 29.3 Å². The lowest BCUT2D eigenvalue weighted by Gasteiger charge is -2.27. The molecule has 3 rings (SSSR count). The molecular formula is C19H20N2O9. The molecule has 0 aromatic heterocycles. The van der Waals surface area contributed by atoms with E-state index in [2.05, 4.69) is 5.32 Å². The van der Waals surface area contributed by atoms with E-state index < -0.39 is 42.2 Å². The van der Waals surface area contributed by atoms with Crippen molar-refractivity contribution < 1.29 is 43.3 Å². The first-order chi connectivity index (χ1) is 14.4. The smallest absolute Gasteiger partial charge is 0.329 e. The summed E-state index contributed by atoms with van der Waals surface area (Å²) < 4.78 is 15.6. The molecule has 0 aliphatic carbocycles. The molecule has 2 N–H and O–H groups in total. The van der Waals surface area contributed by atoms with E-state index in [0.29, 0.717) is 5.75 Å². The Morgan fingerprint density at radius 1 is 1.03 bits per heavy atom. The first kappa shape index (κ1) is 21.4. The summed E-state index contributed by atoms with van der Waals surface area (Å²) in [6, 6.07) is 3.40.